The first-order valence-electron chi connectivity index (χ1n) is 7.62. The SMILES string of the molecule is Cc1cc(NCc2cccnc2)nc(Nc2ccc(Br)c(C)c2)n1. The van der Waals surface area contributed by atoms with Gasteiger partial charge in [0.25, 0.3) is 0 Å². The molecule has 0 bridgehead atoms. The molecule has 2 aromatic heterocycles. The van der Waals surface area contributed by atoms with Crippen molar-refractivity contribution in [2.24, 2.45) is 0 Å². The van der Waals surface area contributed by atoms with Crippen molar-refractivity contribution in [3.63, 3.8) is 0 Å². The molecule has 122 valence electrons. The van der Waals surface area contributed by atoms with E-state index in [0.717, 1.165) is 32.8 Å². The molecule has 0 aliphatic carbocycles. The van der Waals surface area contributed by atoms with Crippen LogP contribution in [0, 0.1) is 13.8 Å². The van der Waals surface area contributed by atoms with Gasteiger partial charge in [-0.3, -0.25) is 4.98 Å². The Bertz CT molecular complexity index is 836. The summed E-state index contributed by atoms with van der Waals surface area (Å²) in [4.78, 5) is 13.1. The van der Waals surface area contributed by atoms with E-state index in [9.17, 15) is 0 Å². The van der Waals surface area contributed by atoms with Crippen LogP contribution in [0.2, 0.25) is 0 Å². The Morgan fingerprint density at radius 3 is 2.71 bits per heavy atom. The Morgan fingerprint density at radius 1 is 1.08 bits per heavy atom. The minimum atomic E-state index is 0.574. The minimum absolute atomic E-state index is 0.574. The maximum Gasteiger partial charge on any atom is 0.229 e. The zero-order chi connectivity index (χ0) is 16.9. The number of hydrogen-bond acceptors (Lipinski definition) is 5. The number of hydrogen-bond donors (Lipinski definition) is 2. The van der Waals surface area contributed by atoms with Crippen LogP contribution < -0.4 is 10.6 Å². The highest BCUT2D eigenvalue weighted by Crippen LogP contribution is 2.22. The Balaban J connectivity index is 1.74. The molecule has 2 heterocycles. The second-order valence-corrected chi connectivity index (χ2v) is 6.38. The average Bonchev–Trinajstić information content (AvgIpc) is 2.57. The molecule has 0 amide bonds. The summed E-state index contributed by atoms with van der Waals surface area (Å²) in [6.07, 6.45) is 3.60. The van der Waals surface area contributed by atoms with E-state index in [1.54, 1.807) is 6.20 Å². The molecule has 2 N–H and O–H groups in total. The van der Waals surface area contributed by atoms with Gasteiger partial charge in [0.1, 0.15) is 5.82 Å². The van der Waals surface area contributed by atoms with Crippen LogP contribution in [-0.2, 0) is 6.54 Å². The van der Waals surface area contributed by atoms with Crippen molar-refractivity contribution in [2.45, 2.75) is 20.4 Å². The highest BCUT2D eigenvalue weighted by molar-refractivity contribution is 9.10. The molecule has 24 heavy (non-hydrogen) atoms. The molecule has 1 aromatic carbocycles. The van der Waals surface area contributed by atoms with Crippen LogP contribution in [0.15, 0.2) is 53.3 Å². The van der Waals surface area contributed by atoms with Crippen LogP contribution in [0.1, 0.15) is 16.8 Å². The van der Waals surface area contributed by atoms with Crippen molar-refractivity contribution >= 4 is 33.4 Å². The molecule has 0 aliphatic rings. The summed E-state index contributed by atoms with van der Waals surface area (Å²) in [7, 11) is 0. The highest BCUT2D eigenvalue weighted by Gasteiger charge is 2.04. The molecule has 0 radical (unpaired) electrons. The zero-order valence-corrected chi connectivity index (χ0v) is 15.1. The topological polar surface area (TPSA) is 62.7 Å². The summed E-state index contributed by atoms with van der Waals surface area (Å²) in [6, 6.07) is 11.9. The fourth-order valence-electron chi connectivity index (χ4n) is 2.26. The lowest BCUT2D eigenvalue weighted by molar-refractivity contribution is 1.05. The third kappa shape index (κ3) is 4.29. The number of halogens is 1. The van der Waals surface area contributed by atoms with E-state index in [1.165, 1.54) is 0 Å². The van der Waals surface area contributed by atoms with E-state index in [-0.39, 0.29) is 0 Å². The highest BCUT2D eigenvalue weighted by atomic mass is 79.9. The van der Waals surface area contributed by atoms with Crippen molar-refractivity contribution in [3.8, 4) is 0 Å². The normalized spacial score (nSPS) is 10.5. The van der Waals surface area contributed by atoms with Gasteiger partial charge in [-0.25, -0.2) is 4.98 Å². The van der Waals surface area contributed by atoms with Crippen molar-refractivity contribution in [1.82, 2.24) is 15.0 Å². The van der Waals surface area contributed by atoms with Gasteiger partial charge in [-0.05, 0) is 49.2 Å². The van der Waals surface area contributed by atoms with E-state index in [0.29, 0.717) is 12.5 Å². The van der Waals surface area contributed by atoms with E-state index < -0.39 is 0 Å². The van der Waals surface area contributed by atoms with Gasteiger partial charge >= 0.3 is 0 Å². The number of benzene rings is 1. The summed E-state index contributed by atoms with van der Waals surface area (Å²) < 4.78 is 1.08. The third-order valence-electron chi connectivity index (χ3n) is 3.46. The van der Waals surface area contributed by atoms with Crippen molar-refractivity contribution < 1.29 is 0 Å². The van der Waals surface area contributed by atoms with E-state index in [1.807, 2.05) is 50.4 Å². The quantitative estimate of drug-likeness (QED) is 0.673. The zero-order valence-electron chi connectivity index (χ0n) is 13.5. The smallest absolute Gasteiger partial charge is 0.229 e. The Morgan fingerprint density at radius 2 is 1.96 bits per heavy atom. The number of nitrogens with zero attached hydrogens (tertiary/aromatic N) is 3. The molecule has 3 aromatic rings. The van der Waals surface area contributed by atoms with Crippen LogP contribution in [-0.4, -0.2) is 15.0 Å². The molecule has 0 aliphatic heterocycles. The molecule has 0 fully saturated rings. The van der Waals surface area contributed by atoms with Gasteiger partial charge in [-0.1, -0.05) is 22.0 Å². The van der Waals surface area contributed by atoms with Crippen LogP contribution in [0.5, 0.6) is 0 Å². The maximum absolute atomic E-state index is 4.53. The predicted octanol–water partition coefficient (Wildman–Crippen LogP) is 4.61. The molecule has 0 unspecified atom stereocenters. The summed E-state index contributed by atoms with van der Waals surface area (Å²) in [6.45, 7) is 4.67. The Hall–Kier alpha value is -2.47. The van der Waals surface area contributed by atoms with E-state index >= 15 is 0 Å². The van der Waals surface area contributed by atoms with E-state index in [2.05, 4.69) is 47.6 Å². The van der Waals surface area contributed by atoms with E-state index in [4.69, 9.17) is 0 Å². The summed E-state index contributed by atoms with van der Waals surface area (Å²) in [5.41, 5.74) is 4.11. The number of aryl methyl sites for hydroxylation is 2. The van der Waals surface area contributed by atoms with Crippen molar-refractivity contribution in [3.05, 3.63) is 70.1 Å². The molecular formula is C18H18BrN5. The third-order valence-corrected chi connectivity index (χ3v) is 4.35. The van der Waals surface area contributed by atoms with Gasteiger partial charge in [-0.15, -0.1) is 0 Å². The fraction of sp³-hybridized carbons (Fsp3) is 0.167. The molecule has 5 nitrogen and oxygen atoms in total. The van der Waals surface area contributed by atoms with Crippen LogP contribution in [0.25, 0.3) is 0 Å². The van der Waals surface area contributed by atoms with Crippen LogP contribution >= 0.6 is 15.9 Å². The molecule has 0 saturated carbocycles. The lowest BCUT2D eigenvalue weighted by atomic mass is 10.2. The van der Waals surface area contributed by atoms with Crippen LogP contribution in [0.4, 0.5) is 17.5 Å². The molecular weight excluding hydrogens is 366 g/mol. The number of aromatic nitrogens is 3. The largest absolute Gasteiger partial charge is 0.366 e. The molecule has 6 heteroatoms. The first-order chi connectivity index (χ1) is 11.6. The second-order valence-electron chi connectivity index (χ2n) is 5.52. The molecule has 0 atom stereocenters. The van der Waals surface area contributed by atoms with Gasteiger partial charge in [0.15, 0.2) is 0 Å². The number of rotatable bonds is 5. The maximum atomic E-state index is 4.53. The monoisotopic (exact) mass is 383 g/mol. The van der Waals surface area contributed by atoms with Crippen molar-refractivity contribution in [2.75, 3.05) is 10.6 Å². The van der Waals surface area contributed by atoms with Crippen molar-refractivity contribution in [1.29, 1.82) is 0 Å². The van der Waals surface area contributed by atoms with Crippen LogP contribution in [0.3, 0.4) is 0 Å². The molecule has 0 spiro atoms. The Kier molecular flexibility index (Phi) is 5.05. The first-order valence-corrected chi connectivity index (χ1v) is 8.41. The standard InChI is InChI=1S/C18H18BrN5/c1-12-8-15(5-6-16(12)19)23-18-22-13(2)9-17(24-18)21-11-14-4-3-7-20-10-14/h3-10H,11H2,1-2H3,(H2,21,22,23,24). The lowest BCUT2D eigenvalue weighted by Crippen LogP contribution is -2.05. The summed E-state index contributed by atoms with van der Waals surface area (Å²) >= 11 is 3.51. The Labute approximate surface area is 149 Å². The molecule has 3 rings (SSSR count). The number of nitrogens with one attached hydrogen (secondary N) is 2. The van der Waals surface area contributed by atoms with Gasteiger partial charge < -0.3 is 10.6 Å². The lowest BCUT2D eigenvalue weighted by Gasteiger charge is -2.11. The summed E-state index contributed by atoms with van der Waals surface area (Å²) in [5.74, 6) is 1.35. The first kappa shape index (κ1) is 16.4. The minimum Gasteiger partial charge on any atom is -0.366 e. The average molecular weight is 384 g/mol. The van der Waals surface area contributed by atoms with Gasteiger partial charge in [0, 0.05) is 40.9 Å². The summed E-state index contributed by atoms with van der Waals surface area (Å²) in [5, 5.41) is 6.57. The fourth-order valence-corrected chi connectivity index (χ4v) is 2.51. The number of anilines is 3. The molecule has 0 saturated heterocycles. The predicted molar refractivity (Wildman–Crippen MR) is 100 cm³/mol. The van der Waals surface area contributed by atoms with Gasteiger partial charge in [0.2, 0.25) is 5.95 Å². The van der Waals surface area contributed by atoms with Gasteiger partial charge in [-0.2, -0.15) is 4.98 Å². The van der Waals surface area contributed by atoms with Gasteiger partial charge in [0.05, 0.1) is 0 Å². The second kappa shape index (κ2) is 7.40. The number of pyridine rings is 1.